The van der Waals surface area contributed by atoms with Crippen LogP contribution in [0.1, 0.15) is 25.3 Å². The number of benzene rings is 1. The van der Waals surface area contributed by atoms with E-state index in [0.717, 1.165) is 16.6 Å². The second-order valence-corrected chi connectivity index (χ2v) is 4.38. The molecule has 15 heavy (non-hydrogen) atoms. The number of nitriles is 1. The zero-order valence-corrected chi connectivity index (χ0v) is 10.6. The Morgan fingerprint density at radius 3 is 2.87 bits per heavy atom. The molecule has 0 heterocycles. The van der Waals surface area contributed by atoms with Crippen LogP contribution in [0.2, 0.25) is 0 Å². The Bertz CT molecular complexity index is 368. The van der Waals surface area contributed by atoms with Gasteiger partial charge in [0.05, 0.1) is 12.5 Å². The average molecular weight is 267 g/mol. The van der Waals surface area contributed by atoms with Gasteiger partial charge in [0.15, 0.2) is 0 Å². The van der Waals surface area contributed by atoms with Crippen molar-refractivity contribution in [3.8, 4) is 6.07 Å². The Balaban J connectivity index is 2.80. The first-order chi connectivity index (χ1) is 7.19. The largest absolute Gasteiger partial charge is 0.381 e. The van der Waals surface area contributed by atoms with E-state index in [4.69, 9.17) is 5.26 Å². The van der Waals surface area contributed by atoms with E-state index in [2.05, 4.69) is 41.2 Å². The number of nitrogens with one attached hydrogen (secondary N) is 1. The number of rotatable bonds is 4. The smallest absolute Gasteiger partial charge is 0.0643 e. The van der Waals surface area contributed by atoms with Crippen LogP contribution in [0, 0.1) is 18.3 Å². The molecule has 0 saturated carbocycles. The minimum atomic E-state index is 0.239. The molecule has 0 saturated heterocycles. The number of hydrogen-bond acceptors (Lipinski definition) is 2. The molecule has 1 N–H and O–H groups in total. The Morgan fingerprint density at radius 2 is 2.27 bits per heavy atom. The molecular weight excluding hydrogens is 252 g/mol. The van der Waals surface area contributed by atoms with Gasteiger partial charge in [-0.15, -0.1) is 0 Å². The molecule has 1 rings (SSSR count). The lowest BCUT2D eigenvalue weighted by atomic mass is 10.1. The van der Waals surface area contributed by atoms with Crippen molar-refractivity contribution in [1.29, 1.82) is 5.26 Å². The van der Waals surface area contributed by atoms with E-state index in [1.165, 1.54) is 5.56 Å². The van der Waals surface area contributed by atoms with Gasteiger partial charge >= 0.3 is 0 Å². The monoisotopic (exact) mass is 266 g/mol. The van der Waals surface area contributed by atoms with Crippen LogP contribution in [0.5, 0.6) is 0 Å². The third-order valence-corrected chi connectivity index (χ3v) is 3.32. The minimum absolute atomic E-state index is 0.239. The van der Waals surface area contributed by atoms with Crippen molar-refractivity contribution in [2.75, 3.05) is 5.32 Å². The van der Waals surface area contributed by atoms with Gasteiger partial charge in [-0.3, -0.25) is 0 Å². The molecule has 0 radical (unpaired) electrons. The predicted octanol–water partition coefficient (Wildman–Crippen LogP) is 3.86. The summed E-state index contributed by atoms with van der Waals surface area (Å²) < 4.78 is 1.10. The van der Waals surface area contributed by atoms with Crippen LogP contribution in [0.4, 0.5) is 5.69 Å². The quantitative estimate of drug-likeness (QED) is 0.899. The van der Waals surface area contributed by atoms with E-state index in [-0.39, 0.29) is 6.04 Å². The molecule has 0 amide bonds. The van der Waals surface area contributed by atoms with Gasteiger partial charge in [0.1, 0.15) is 0 Å². The van der Waals surface area contributed by atoms with Crippen molar-refractivity contribution in [2.45, 2.75) is 32.7 Å². The van der Waals surface area contributed by atoms with Crippen molar-refractivity contribution >= 4 is 21.6 Å². The molecule has 0 spiro atoms. The molecule has 0 aliphatic rings. The Kier molecular flexibility index (Phi) is 4.64. The molecule has 3 heteroatoms. The van der Waals surface area contributed by atoms with Gasteiger partial charge in [0.2, 0.25) is 0 Å². The number of nitrogens with zero attached hydrogens (tertiary/aromatic N) is 1. The fraction of sp³-hybridized carbons (Fsp3) is 0.417. The SMILES string of the molecule is CCC(CC#N)Nc1cccc(Br)c1C. The summed E-state index contributed by atoms with van der Waals surface area (Å²) in [5.74, 6) is 0. The van der Waals surface area contributed by atoms with Gasteiger partial charge in [-0.1, -0.05) is 28.9 Å². The maximum Gasteiger partial charge on any atom is 0.0643 e. The molecule has 0 fully saturated rings. The highest BCUT2D eigenvalue weighted by molar-refractivity contribution is 9.10. The zero-order chi connectivity index (χ0) is 11.3. The average Bonchev–Trinajstić information content (AvgIpc) is 2.24. The van der Waals surface area contributed by atoms with E-state index < -0.39 is 0 Å². The molecule has 1 aromatic carbocycles. The van der Waals surface area contributed by atoms with Crippen LogP contribution in [0.15, 0.2) is 22.7 Å². The first-order valence-electron chi connectivity index (χ1n) is 5.07. The maximum atomic E-state index is 8.67. The number of halogens is 1. The normalized spacial score (nSPS) is 11.9. The molecule has 1 unspecified atom stereocenters. The third-order valence-electron chi connectivity index (χ3n) is 2.46. The van der Waals surface area contributed by atoms with Crippen LogP contribution in [0.3, 0.4) is 0 Å². The van der Waals surface area contributed by atoms with E-state index in [9.17, 15) is 0 Å². The summed E-state index contributed by atoms with van der Waals surface area (Å²) in [6.07, 6.45) is 1.50. The van der Waals surface area contributed by atoms with Crippen molar-refractivity contribution in [3.05, 3.63) is 28.2 Å². The molecule has 0 aliphatic carbocycles. The standard InChI is InChI=1S/C12H15BrN2/c1-3-10(7-8-14)15-12-6-4-5-11(13)9(12)2/h4-6,10,15H,3,7H2,1-2H3. The summed E-state index contributed by atoms with van der Waals surface area (Å²) >= 11 is 3.49. The predicted molar refractivity (Wildman–Crippen MR) is 66.8 cm³/mol. The highest BCUT2D eigenvalue weighted by Crippen LogP contribution is 2.24. The van der Waals surface area contributed by atoms with Crippen molar-refractivity contribution in [3.63, 3.8) is 0 Å². The van der Waals surface area contributed by atoms with Crippen LogP contribution in [0.25, 0.3) is 0 Å². The summed E-state index contributed by atoms with van der Waals surface area (Å²) in [5.41, 5.74) is 2.29. The molecule has 1 atom stereocenters. The van der Waals surface area contributed by atoms with Gasteiger partial charge in [0.25, 0.3) is 0 Å². The molecule has 0 bridgehead atoms. The van der Waals surface area contributed by atoms with E-state index >= 15 is 0 Å². The van der Waals surface area contributed by atoms with Crippen LogP contribution in [-0.2, 0) is 0 Å². The van der Waals surface area contributed by atoms with E-state index in [0.29, 0.717) is 6.42 Å². The molecule has 0 aromatic heterocycles. The van der Waals surface area contributed by atoms with E-state index in [1.54, 1.807) is 0 Å². The van der Waals surface area contributed by atoms with E-state index in [1.807, 2.05) is 18.2 Å². The zero-order valence-electron chi connectivity index (χ0n) is 9.05. The second kappa shape index (κ2) is 5.77. The first kappa shape index (κ1) is 12.1. The fourth-order valence-corrected chi connectivity index (χ4v) is 1.76. The molecule has 2 nitrogen and oxygen atoms in total. The Hall–Kier alpha value is -1.01. The minimum Gasteiger partial charge on any atom is -0.381 e. The highest BCUT2D eigenvalue weighted by Gasteiger charge is 2.07. The van der Waals surface area contributed by atoms with Gasteiger partial charge in [0, 0.05) is 16.2 Å². The van der Waals surface area contributed by atoms with Crippen LogP contribution >= 0.6 is 15.9 Å². The second-order valence-electron chi connectivity index (χ2n) is 3.52. The Labute approximate surface area is 99.4 Å². The summed E-state index contributed by atoms with van der Waals surface area (Å²) in [4.78, 5) is 0. The van der Waals surface area contributed by atoms with Gasteiger partial charge in [-0.2, -0.15) is 5.26 Å². The molecule has 0 aliphatic heterocycles. The summed E-state index contributed by atoms with van der Waals surface area (Å²) in [6.45, 7) is 4.15. The lowest BCUT2D eigenvalue weighted by Gasteiger charge is -2.17. The van der Waals surface area contributed by atoms with Gasteiger partial charge in [-0.05, 0) is 31.0 Å². The summed E-state index contributed by atoms with van der Waals surface area (Å²) in [7, 11) is 0. The first-order valence-corrected chi connectivity index (χ1v) is 5.87. The van der Waals surface area contributed by atoms with Crippen LogP contribution in [-0.4, -0.2) is 6.04 Å². The van der Waals surface area contributed by atoms with Crippen molar-refractivity contribution in [2.24, 2.45) is 0 Å². The van der Waals surface area contributed by atoms with Gasteiger partial charge in [-0.25, -0.2) is 0 Å². The Morgan fingerprint density at radius 1 is 1.53 bits per heavy atom. The van der Waals surface area contributed by atoms with Crippen molar-refractivity contribution < 1.29 is 0 Å². The number of hydrogen-bond donors (Lipinski definition) is 1. The molecule has 1 aromatic rings. The van der Waals surface area contributed by atoms with Gasteiger partial charge < -0.3 is 5.32 Å². The summed E-state index contributed by atoms with van der Waals surface area (Å²) in [5, 5.41) is 12.1. The number of anilines is 1. The molecule has 80 valence electrons. The lowest BCUT2D eigenvalue weighted by molar-refractivity contribution is 0.710. The molecular formula is C12H15BrN2. The topological polar surface area (TPSA) is 35.8 Å². The third kappa shape index (κ3) is 3.24. The maximum absolute atomic E-state index is 8.67. The fourth-order valence-electron chi connectivity index (χ4n) is 1.39. The van der Waals surface area contributed by atoms with Crippen LogP contribution < -0.4 is 5.32 Å². The van der Waals surface area contributed by atoms with Crippen molar-refractivity contribution in [1.82, 2.24) is 0 Å². The summed E-state index contributed by atoms with van der Waals surface area (Å²) in [6, 6.07) is 8.50. The lowest BCUT2D eigenvalue weighted by Crippen LogP contribution is -2.18. The highest BCUT2D eigenvalue weighted by atomic mass is 79.9.